The Hall–Kier alpha value is -0.420. The van der Waals surface area contributed by atoms with Crippen LogP contribution in [0.2, 0.25) is 0 Å². The van der Waals surface area contributed by atoms with E-state index < -0.39 is 0 Å². The van der Waals surface area contributed by atoms with E-state index in [2.05, 4.69) is 34.7 Å². The molecule has 1 unspecified atom stereocenters. The third-order valence-corrected chi connectivity index (χ3v) is 4.77. The fourth-order valence-electron chi connectivity index (χ4n) is 2.45. The highest BCUT2D eigenvalue weighted by Crippen LogP contribution is 2.18. The SMILES string of the molecule is COC1CCN(CCNC(C)c2cccs2)CC1. The van der Waals surface area contributed by atoms with E-state index in [-0.39, 0.29) is 0 Å². The molecule has 1 aliphatic rings. The second-order valence-corrected chi connectivity index (χ2v) is 5.95. The molecule has 0 bridgehead atoms. The van der Waals surface area contributed by atoms with Crippen LogP contribution >= 0.6 is 11.3 Å². The van der Waals surface area contributed by atoms with Crippen molar-refractivity contribution in [3.05, 3.63) is 22.4 Å². The Morgan fingerprint density at radius 1 is 1.50 bits per heavy atom. The molecule has 1 N–H and O–H groups in total. The molecule has 0 saturated carbocycles. The van der Waals surface area contributed by atoms with Crippen LogP contribution in [0.25, 0.3) is 0 Å². The Morgan fingerprint density at radius 3 is 2.89 bits per heavy atom. The maximum atomic E-state index is 5.39. The van der Waals surface area contributed by atoms with Gasteiger partial charge in [0, 0.05) is 44.2 Å². The van der Waals surface area contributed by atoms with Gasteiger partial charge in [-0.1, -0.05) is 6.07 Å². The molecule has 0 aromatic carbocycles. The third kappa shape index (κ3) is 4.05. The summed E-state index contributed by atoms with van der Waals surface area (Å²) in [5.74, 6) is 0. The Labute approximate surface area is 114 Å². The summed E-state index contributed by atoms with van der Waals surface area (Å²) in [7, 11) is 1.82. The number of likely N-dealkylation sites (tertiary alicyclic amines) is 1. The molecule has 3 nitrogen and oxygen atoms in total. The molecule has 0 aliphatic carbocycles. The molecule has 2 heterocycles. The van der Waals surface area contributed by atoms with E-state index in [1.165, 1.54) is 30.8 Å². The summed E-state index contributed by atoms with van der Waals surface area (Å²) in [6.45, 7) is 6.80. The molecule has 0 amide bonds. The van der Waals surface area contributed by atoms with Gasteiger partial charge in [0.1, 0.15) is 0 Å². The first-order valence-corrected chi connectivity index (χ1v) is 7.69. The number of ether oxygens (including phenoxy) is 1. The smallest absolute Gasteiger partial charge is 0.0595 e. The Balaban J connectivity index is 1.61. The first kappa shape index (κ1) is 14.0. The Morgan fingerprint density at radius 2 is 2.28 bits per heavy atom. The van der Waals surface area contributed by atoms with E-state index in [9.17, 15) is 0 Å². The molecule has 1 saturated heterocycles. The van der Waals surface area contributed by atoms with Gasteiger partial charge in [0.05, 0.1) is 6.10 Å². The lowest BCUT2D eigenvalue weighted by Crippen LogP contribution is -2.40. The Bertz CT molecular complexity index is 321. The summed E-state index contributed by atoms with van der Waals surface area (Å²) in [6.07, 6.45) is 2.84. The molecule has 1 fully saturated rings. The number of nitrogens with one attached hydrogen (secondary N) is 1. The van der Waals surface area contributed by atoms with Gasteiger partial charge in [0.25, 0.3) is 0 Å². The molecule has 1 aromatic heterocycles. The van der Waals surface area contributed by atoms with Gasteiger partial charge in [-0.2, -0.15) is 0 Å². The fraction of sp³-hybridized carbons (Fsp3) is 0.714. The highest BCUT2D eigenvalue weighted by atomic mass is 32.1. The van der Waals surface area contributed by atoms with Crippen LogP contribution in [0, 0.1) is 0 Å². The summed E-state index contributed by atoms with van der Waals surface area (Å²) in [5.41, 5.74) is 0. The second-order valence-electron chi connectivity index (χ2n) is 4.97. The van der Waals surface area contributed by atoms with Crippen molar-refractivity contribution < 1.29 is 4.74 Å². The Kier molecular flexibility index (Phi) is 5.63. The highest BCUT2D eigenvalue weighted by Gasteiger charge is 2.18. The van der Waals surface area contributed by atoms with Crippen molar-refractivity contribution in [2.24, 2.45) is 0 Å². The van der Waals surface area contributed by atoms with Crippen LogP contribution in [0.1, 0.15) is 30.7 Å². The topological polar surface area (TPSA) is 24.5 Å². The van der Waals surface area contributed by atoms with Crippen LogP contribution in [0.5, 0.6) is 0 Å². The summed E-state index contributed by atoms with van der Waals surface area (Å²) < 4.78 is 5.39. The van der Waals surface area contributed by atoms with Crippen molar-refractivity contribution >= 4 is 11.3 Å². The van der Waals surface area contributed by atoms with Gasteiger partial charge in [-0.15, -0.1) is 11.3 Å². The number of thiophene rings is 1. The third-order valence-electron chi connectivity index (χ3n) is 3.72. The van der Waals surface area contributed by atoms with E-state index in [0.29, 0.717) is 12.1 Å². The average molecular weight is 268 g/mol. The van der Waals surface area contributed by atoms with Gasteiger partial charge < -0.3 is 15.0 Å². The molecule has 2 rings (SSSR count). The second kappa shape index (κ2) is 7.24. The van der Waals surface area contributed by atoms with Crippen LogP contribution in [-0.4, -0.2) is 44.3 Å². The van der Waals surface area contributed by atoms with Crippen molar-refractivity contribution in [2.45, 2.75) is 31.9 Å². The van der Waals surface area contributed by atoms with E-state index in [0.717, 1.165) is 13.1 Å². The van der Waals surface area contributed by atoms with E-state index >= 15 is 0 Å². The fourth-order valence-corrected chi connectivity index (χ4v) is 3.20. The number of rotatable bonds is 6. The van der Waals surface area contributed by atoms with E-state index in [4.69, 9.17) is 4.74 Å². The highest BCUT2D eigenvalue weighted by molar-refractivity contribution is 7.10. The van der Waals surface area contributed by atoms with E-state index in [1.54, 1.807) is 0 Å². The van der Waals surface area contributed by atoms with Gasteiger partial charge in [-0.25, -0.2) is 0 Å². The zero-order chi connectivity index (χ0) is 12.8. The van der Waals surface area contributed by atoms with Gasteiger partial charge in [0.15, 0.2) is 0 Å². The molecule has 18 heavy (non-hydrogen) atoms. The quantitative estimate of drug-likeness (QED) is 0.858. The molecular formula is C14H24N2OS. The maximum Gasteiger partial charge on any atom is 0.0595 e. The van der Waals surface area contributed by atoms with Crippen molar-refractivity contribution in [3.8, 4) is 0 Å². The van der Waals surface area contributed by atoms with Crippen molar-refractivity contribution in [2.75, 3.05) is 33.3 Å². The summed E-state index contributed by atoms with van der Waals surface area (Å²) in [5, 5.41) is 5.74. The molecule has 102 valence electrons. The molecule has 1 atom stereocenters. The van der Waals surface area contributed by atoms with Crippen LogP contribution in [0.3, 0.4) is 0 Å². The van der Waals surface area contributed by atoms with Gasteiger partial charge in [-0.05, 0) is 31.2 Å². The lowest BCUT2D eigenvalue weighted by Gasteiger charge is -2.31. The minimum atomic E-state index is 0.474. The van der Waals surface area contributed by atoms with Gasteiger partial charge in [0.2, 0.25) is 0 Å². The van der Waals surface area contributed by atoms with Crippen LogP contribution in [0.15, 0.2) is 17.5 Å². The normalized spacial score (nSPS) is 20.1. The standard InChI is InChI=1S/C14H24N2OS/c1-12(14-4-3-11-18-14)15-7-10-16-8-5-13(17-2)6-9-16/h3-4,11-13,15H,5-10H2,1-2H3. The molecule has 4 heteroatoms. The zero-order valence-electron chi connectivity index (χ0n) is 11.4. The predicted octanol–water partition coefficient (Wildman–Crippen LogP) is 2.51. The van der Waals surface area contributed by atoms with Crippen LogP contribution in [0.4, 0.5) is 0 Å². The minimum absolute atomic E-state index is 0.474. The van der Waals surface area contributed by atoms with Gasteiger partial charge >= 0.3 is 0 Å². The summed E-state index contributed by atoms with van der Waals surface area (Å²) >= 11 is 1.83. The summed E-state index contributed by atoms with van der Waals surface area (Å²) in [4.78, 5) is 3.96. The van der Waals surface area contributed by atoms with Crippen molar-refractivity contribution in [1.82, 2.24) is 10.2 Å². The average Bonchev–Trinajstić information content (AvgIpc) is 2.93. The largest absolute Gasteiger partial charge is 0.381 e. The number of nitrogens with zero attached hydrogens (tertiary/aromatic N) is 1. The number of methoxy groups -OCH3 is 1. The number of piperidine rings is 1. The zero-order valence-corrected chi connectivity index (χ0v) is 12.2. The van der Waals surface area contributed by atoms with Crippen LogP contribution in [-0.2, 0) is 4.74 Å². The van der Waals surface area contributed by atoms with Crippen molar-refractivity contribution in [3.63, 3.8) is 0 Å². The summed E-state index contributed by atoms with van der Waals surface area (Å²) in [6, 6.07) is 4.79. The molecule has 1 aliphatic heterocycles. The molecule has 0 radical (unpaired) electrons. The number of hydrogen-bond donors (Lipinski definition) is 1. The lowest BCUT2D eigenvalue weighted by atomic mass is 10.1. The lowest BCUT2D eigenvalue weighted by molar-refractivity contribution is 0.0413. The first-order valence-electron chi connectivity index (χ1n) is 6.81. The predicted molar refractivity (Wildman–Crippen MR) is 77.2 cm³/mol. The minimum Gasteiger partial charge on any atom is -0.381 e. The molecule has 1 aromatic rings. The number of hydrogen-bond acceptors (Lipinski definition) is 4. The molecular weight excluding hydrogens is 244 g/mol. The van der Waals surface area contributed by atoms with Crippen molar-refractivity contribution in [1.29, 1.82) is 0 Å². The molecule has 0 spiro atoms. The first-order chi connectivity index (χ1) is 8.79. The maximum absolute atomic E-state index is 5.39. The van der Waals surface area contributed by atoms with E-state index in [1.807, 2.05) is 18.4 Å². The van der Waals surface area contributed by atoms with Gasteiger partial charge in [-0.3, -0.25) is 0 Å². The monoisotopic (exact) mass is 268 g/mol. The van der Waals surface area contributed by atoms with Crippen LogP contribution < -0.4 is 5.32 Å².